The Bertz CT molecular complexity index is 840. The molecule has 0 N–H and O–H groups in total. The smallest absolute Gasteiger partial charge is 0.265 e. The van der Waals surface area contributed by atoms with E-state index in [0.29, 0.717) is 6.54 Å². The third kappa shape index (κ3) is 4.99. The van der Waals surface area contributed by atoms with E-state index in [0.717, 1.165) is 35.2 Å². The van der Waals surface area contributed by atoms with E-state index in [1.54, 1.807) is 4.90 Å². The molecule has 1 saturated heterocycles. The highest BCUT2D eigenvalue weighted by atomic mass is 16.5. The zero-order valence-corrected chi connectivity index (χ0v) is 17.5. The number of hydrogen-bond donors (Lipinski definition) is 0. The Morgan fingerprint density at radius 2 is 2.00 bits per heavy atom. The van der Waals surface area contributed by atoms with Crippen molar-refractivity contribution >= 4 is 11.6 Å². The van der Waals surface area contributed by atoms with Crippen LogP contribution in [-0.2, 0) is 17.8 Å². The number of fused-ring (bicyclic) bond motifs is 1. The Morgan fingerprint density at radius 1 is 1.17 bits per heavy atom. The van der Waals surface area contributed by atoms with Gasteiger partial charge in [0.1, 0.15) is 17.2 Å². The van der Waals surface area contributed by atoms with Crippen molar-refractivity contribution in [1.82, 2.24) is 10.1 Å². The van der Waals surface area contributed by atoms with Gasteiger partial charge in [0.25, 0.3) is 5.91 Å². The first-order valence-corrected chi connectivity index (χ1v) is 10.8. The number of hydrogen-bond acceptors (Lipinski definition) is 5. The van der Waals surface area contributed by atoms with Gasteiger partial charge in [0.2, 0.25) is 0 Å². The van der Waals surface area contributed by atoms with Crippen LogP contribution in [0, 0.1) is 12.8 Å². The molecular formula is C23H31N3O3. The molecule has 0 bridgehead atoms. The van der Waals surface area contributed by atoms with Crippen molar-refractivity contribution in [2.75, 3.05) is 31.6 Å². The summed E-state index contributed by atoms with van der Waals surface area (Å²) in [6.45, 7) is 4.82. The third-order valence-corrected chi connectivity index (χ3v) is 6.13. The lowest BCUT2D eigenvalue weighted by Crippen LogP contribution is -2.38. The standard InChI is InChI=1S/C23H31N3O3/c1-17-13-20(24-29-17)15-26-21-8-7-19(14-22(21)28-16-23(26)27)6-4-3-5-18-9-11-25(2)12-10-18/h7-8,13-14,18H,3-6,9-12,15-16H2,1-2H3. The first-order valence-electron chi connectivity index (χ1n) is 10.8. The molecule has 156 valence electrons. The van der Waals surface area contributed by atoms with Gasteiger partial charge in [-0.3, -0.25) is 9.69 Å². The Morgan fingerprint density at radius 3 is 2.76 bits per heavy atom. The maximum atomic E-state index is 12.4. The quantitative estimate of drug-likeness (QED) is 0.662. The molecule has 4 rings (SSSR count). The highest BCUT2D eigenvalue weighted by Crippen LogP contribution is 2.34. The van der Waals surface area contributed by atoms with Crippen LogP contribution in [0.25, 0.3) is 0 Å². The fraction of sp³-hybridized carbons (Fsp3) is 0.565. The van der Waals surface area contributed by atoms with E-state index >= 15 is 0 Å². The van der Waals surface area contributed by atoms with E-state index in [1.807, 2.05) is 19.1 Å². The fourth-order valence-corrected chi connectivity index (χ4v) is 4.35. The summed E-state index contributed by atoms with van der Waals surface area (Å²) in [4.78, 5) is 16.5. The number of nitrogens with zero attached hydrogens (tertiary/aromatic N) is 3. The topological polar surface area (TPSA) is 58.8 Å². The van der Waals surface area contributed by atoms with Crippen molar-refractivity contribution in [3.05, 3.63) is 41.3 Å². The number of piperidine rings is 1. The highest BCUT2D eigenvalue weighted by molar-refractivity contribution is 5.97. The van der Waals surface area contributed by atoms with Crippen LogP contribution in [-0.4, -0.2) is 42.7 Å². The van der Waals surface area contributed by atoms with Crippen LogP contribution in [0.3, 0.4) is 0 Å². The zero-order valence-electron chi connectivity index (χ0n) is 17.5. The summed E-state index contributed by atoms with van der Waals surface area (Å²) < 4.78 is 10.9. The van der Waals surface area contributed by atoms with Gasteiger partial charge in [0.15, 0.2) is 6.61 Å². The fourth-order valence-electron chi connectivity index (χ4n) is 4.35. The monoisotopic (exact) mass is 397 g/mol. The summed E-state index contributed by atoms with van der Waals surface area (Å²) in [6, 6.07) is 8.09. The van der Waals surface area contributed by atoms with Crippen LogP contribution in [0.5, 0.6) is 5.75 Å². The zero-order chi connectivity index (χ0) is 20.2. The van der Waals surface area contributed by atoms with Gasteiger partial charge in [0, 0.05) is 6.07 Å². The van der Waals surface area contributed by atoms with Crippen molar-refractivity contribution in [1.29, 1.82) is 0 Å². The van der Waals surface area contributed by atoms with Crippen LogP contribution in [0.1, 0.15) is 49.1 Å². The van der Waals surface area contributed by atoms with Gasteiger partial charge in [-0.25, -0.2) is 0 Å². The normalized spacial score (nSPS) is 18.0. The van der Waals surface area contributed by atoms with Gasteiger partial charge in [-0.05, 0) is 76.4 Å². The number of aromatic nitrogens is 1. The first kappa shape index (κ1) is 20.0. The third-order valence-electron chi connectivity index (χ3n) is 6.13. The Balaban J connectivity index is 1.32. The molecule has 0 atom stereocenters. The van der Waals surface area contributed by atoms with E-state index in [4.69, 9.17) is 9.26 Å². The Labute approximate surface area is 172 Å². The van der Waals surface area contributed by atoms with Crippen molar-refractivity contribution in [3.8, 4) is 5.75 Å². The maximum absolute atomic E-state index is 12.4. The molecule has 1 fully saturated rings. The SMILES string of the molecule is Cc1cc(CN2C(=O)COc3cc(CCCCC4CCN(C)CC4)ccc32)no1. The van der Waals surface area contributed by atoms with Crippen molar-refractivity contribution in [3.63, 3.8) is 0 Å². The van der Waals surface area contributed by atoms with Crippen molar-refractivity contribution in [2.24, 2.45) is 5.92 Å². The predicted molar refractivity (Wildman–Crippen MR) is 112 cm³/mol. The lowest BCUT2D eigenvalue weighted by molar-refractivity contribution is -0.121. The minimum Gasteiger partial charge on any atom is -0.482 e. The average Bonchev–Trinajstić information content (AvgIpc) is 3.13. The minimum absolute atomic E-state index is 0.0518. The molecule has 6 heteroatoms. The summed E-state index contributed by atoms with van der Waals surface area (Å²) in [5, 5.41) is 4.01. The van der Waals surface area contributed by atoms with E-state index in [-0.39, 0.29) is 12.5 Å². The Hall–Kier alpha value is -2.34. The van der Waals surface area contributed by atoms with Crippen molar-refractivity contribution in [2.45, 2.75) is 52.0 Å². The molecule has 0 saturated carbocycles. The second kappa shape index (κ2) is 8.99. The molecule has 0 spiro atoms. The van der Waals surface area contributed by atoms with Crippen LogP contribution < -0.4 is 9.64 Å². The Kier molecular flexibility index (Phi) is 6.19. The molecule has 29 heavy (non-hydrogen) atoms. The summed E-state index contributed by atoms with van der Waals surface area (Å²) in [6.07, 6.45) is 7.57. The molecule has 1 aromatic carbocycles. The number of likely N-dealkylation sites (tertiary alicyclic amines) is 1. The molecule has 3 heterocycles. The second-order valence-electron chi connectivity index (χ2n) is 8.49. The predicted octanol–water partition coefficient (Wildman–Crippen LogP) is 3.96. The number of carbonyl (C=O) groups is 1. The van der Waals surface area contributed by atoms with E-state index in [1.165, 1.54) is 50.8 Å². The highest BCUT2D eigenvalue weighted by Gasteiger charge is 2.26. The molecule has 1 amide bonds. The number of anilines is 1. The number of carbonyl (C=O) groups excluding carboxylic acids is 1. The van der Waals surface area contributed by atoms with Crippen LogP contribution in [0.4, 0.5) is 5.69 Å². The van der Waals surface area contributed by atoms with Gasteiger partial charge in [-0.2, -0.15) is 0 Å². The van der Waals surface area contributed by atoms with E-state index in [9.17, 15) is 4.79 Å². The first-order chi connectivity index (χ1) is 14.1. The van der Waals surface area contributed by atoms with E-state index in [2.05, 4.69) is 29.2 Å². The van der Waals surface area contributed by atoms with Crippen LogP contribution in [0.2, 0.25) is 0 Å². The number of unbranched alkanes of at least 4 members (excludes halogenated alkanes) is 1. The number of amides is 1. The lowest BCUT2D eigenvalue weighted by Gasteiger charge is -2.29. The average molecular weight is 398 g/mol. The van der Waals surface area contributed by atoms with Gasteiger partial charge >= 0.3 is 0 Å². The number of aryl methyl sites for hydroxylation is 2. The largest absolute Gasteiger partial charge is 0.482 e. The summed E-state index contributed by atoms with van der Waals surface area (Å²) in [5.74, 6) is 2.39. The minimum atomic E-state index is -0.0518. The molecule has 1 aromatic heterocycles. The molecule has 6 nitrogen and oxygen atoms in total. The maximum Gasteiger partial charge on any atom is 0.265 e. The van der Waals surface area contributed by atoms with Crippen LogP contribution in [0.15, 0.2) is 28.8 Å². The number of rotatable bonds is 7. The van der Waals surface area contributed by atoms with Gasteiger partial charge < -0.3 is 14.2 Å². The summed E-state index contributed by atoms with van der Waals surface area (Å²) in [5.41, 5.74) is 2.84. The van der Waals surface area contributed by atoms with Crippen molar-refractivity contribution < 1.29 is 14.1 Å². The van der Waals surface area contributed by atoms with Gasteiger partial charge in [0.05, 0.1) is 12.2 Å². The molecule has 2 aliphatic heterocycles. The van der Waals surface area contributed by atoms with Gasteiger partial charge in [-0.15, -0.1) is 0 Å². The van der Waals surface area contributed by atoms with E-state index < -0.39 is 0 Å². The summed E-state index contributed by atoms with van der Waals surface area (Å²) >= 11 is 0. The van der Waals surface area contributed by atoms with Gasteiger partial charge in [-0.1, -0.05) is 24.1 Å². The van der Waals surface area contributed by atoms with Crippen LogP contribution >= 0.6 is 0 Å². The molecule has 0 unspecified atom stereocenters. The molecule has 0 radical (unpaired) electrons. The number of benzene rings is 1. The lowest BCUT2D eigenvalue weighted by atomic mass is 9.91. The summed E-state index contributed by atoms with van der Waals surface area (Å²) in [7, 11) is 2.22. The molecule has 2 aromatic rings. The number of ether oxygens (including phenoxy) is 1. The second-order valence-corrected chi connectivity index (χ2v) is 8.49. The molecular weight excluding hydrogens is 366 g/mol. The molecule has 0 aliphatic carbocycles. The molecule has 2 aliphatic rings.